The molecule has 0 unspecified atom stereocenters. The zero-order valence-corrected chi connectivity index (χ0v) is 12.8. The minimum atomic E-state index is -0.357. The first-order chi connectivity index (χ1) is 11.2. The Balaban J connectivity index is 1.49. The first-order valence-electron chi connectivity index (χ1n) is 7.80. The number of aryl methyl sites for hydroxylation is 1. The van der Waals surface area contributed by atoms with E-state index in [1.165, 1.54) is 12.3 Å². The molecule has 1 aromatic heterocycles. The normalized spacial score (nSPS) is 17.3. The van der Waals surface area contributed by atoms with Gasteiger partial charge in [-0.15, -0.1) is 0 Å². The minimum Gasteiger partial charge on any atom is -0.441 e. The zero-order valence-electron chi connectivity index (χ0n) is 12.8. The van der Waals surface area contributed by atoms with Crippen LogP contribution < -0.4 is 5.32 Å². The van der Waals surface area contributed by atoms with Crippen LogP contribution in [0.2, 0.25) is 0 Å². The molecule has 1 aliphatic rings. The lowest BCUT2D eigenvalue weighted by Crippen LogP contribution is -2.31. The third-order valence-electron chi connectivity index (χ3n) is 3.81. The van der Waals surface area contributed by atoms with Crippen LogP contribution in [0.1, 0.15) is 25.2 Å². The van der Waals surface area contributed by atoms with Gasteiger partial charge in [0, 0.05) is 26.0 Å². The average molecular weight is 318 g/mol. The molecule has 0 spiro atoms. The largest absolute Gasteiger partial charge is 0.441 e. The third-order valence-corrected chi connectivity index (χ3v) is 3.81. The zero-order chi connectivity index (χ0) is 16.1. The highest BCUT2D eigenvalue weighted by Gasteiger charge is 2.16. The molecule has 0 bridgehead atoms. The van der Waals surface area contributed by atoms with Gasteiger partial charge in [-0.25, -0.2) is 9.37 Å². The highest BCUT2D eigenvalue weighted by Crippen LogP contribution is 2.23. The Morgan fingerprint density at radius 3 is 3.04 bits per heavy atom. The summed E-state index contributed by atoms with van der Waals surface area (Å²) in [6.45, 7) is 1.32. The van der Waals surface area contributed by atoms with Crippen molar-refractivity contribution in [1.82, 2.24) is 10.3 Å². The van der Waals surface area contributed by atoms with E-state index in [1.807, 2.05) is 0 Å². The van der Waals surface area contributed by atoms with E-state index in [0.717, 1.165) is 19.4 Å². The van der Waals surface area contributed by atoms with Crippen LogP contribution in [-0.4, -0.2) is 30.1 Å². The predicted molar refractivity (Wildman–Crippen MR) is 82.2 cm³/mol. The summed E-state index contributed by atoms with van der Waals surface area (Å²) in [5, 5.41) is 2.85. The van der Waals surface area contributed by atoms with Crippen molar-refractivity contribution in [3.05, 3.63) is 42.2 Å². The SMILES string of the molecule is O=C(CCc1ncc(-c2ccccc2F)o1)NC[C@H]1CCCO1. The molecule has 5 nitrogen and oxygen atoms in total. The van der Waals surface area contributed by atoms with Crippen molar-refractivity contribution in [1.29, 1.82) is 0 Å². The van der Waals surface area contributed by atoms with Crippen LogP contribution in [0.5, 0.6) is 0 Å². The Morgan fingerprint density at radius 2 is 2.26 bits per heavy atom. The fourth-order valence-corrected chi connectivity index (χ4v) is 2.55. The molecule has 3 rings (SSSR count). The maximum absolute atomic E-state index is 13.7. The van der Waals surface area contributed by atoms with Gasteiger partial charge in [-0.2, -0.15) is 0 Å². The number of rotatable bonds is 6. The van der Waals surface area contributed by atoms with Gasteiger partial charge >= 0.3 is 0 Å². The number of nitrogens with zero attached hydrogens (tertiary/aromatic N) is 1. The highest BCUT2D eigenvalue weighted by molar-refractivity contribution is 5.76. The van der Waals surface area contributed by atoms with Crippen molar-refractivity contribution in [2.24, 2.45) is 0 Å². The molecule has 1 aromatic carbocycles. The van der Waals surface area contributed by atoms with Crippen LogP contribution in [0.3, 0.4) is 0 Å². The fraction of sp³-hybridized carbons (Fsp3) is 0.412. The second-order valence-electron chi connectivity index (χ2n) is 5.54. The molecule has 2 aromatic rings. The minimum absolute atomic E-state index is 0.0638. The smallest absolute Gasteiger partial charge is 0.220 e. The molecule has 1 aliphatic heterocycles. The maximum Gasteiger partial charge on any atom is 0.220 e. The number of hydrogen-bond donors (Lipinski definition) is 1. The molecular formula is C17H19FN2O3. The molecule has 0 aliphatic carbocycles. The number of carbonyl (C=O) groups is 1. The molecule has 2 heterocycles. The van der Waals surface area contributed by atoms with Crippen molar-refractivity contribution < 1.29 is 18.3 Å². The van der Waals surface area contributed by atoms with E-state index in [-0.39, 0.29) is 24.2 Å². The second kappa shape index (κ2) is 7.37. The van der Waals surface area contributed by atoms with Gasteiger partial charge in [-0.3, -0.25) is 4.79 Å². The quantitative estimate of drug-likeness (QED) is 0.889. The predicted octanol–water partition coefficient (Wildman–Crippen LogP) is 2.71. The van der Waals surface area contributed by atoms with Gasteiger partial charge in [-0.1, -0.05) is 12.1 Å². The molecule has 122 valence electrons. The summed E-state index contributed by atoms with van der Waals surface area (Å²) < 4.78 is 24.7. The Morgan fingerprint density at radius 1 is 1.39 bits per heavy atom. The third kappa shape index (κ3) is 4.16. The maximum atomic E-state index is 13.7. The molecule has 0 radical (unpaired) electrons. The van der Waals surface area contributed by atoms with Crippen LogP contribution in [0.25, 0.3) is 11.3 Å². The van der Waals surface area contributed by atoms with Crippen molar-refractivity contribution in [2.45, 2.75) is 31.8 Å². The van der Waals surface area contributed by atoms with Crippen LogP contribution in [-0.2, 0) is 16.0 Å². The summed E-state index contributed by atoms with van der Waals surface area (Å²) in [6, 6.07) is 6.36. The monoisotopic (exact) mass is 318 g/mol. The lowest BCUT2D eigenvalue weighted by Gasteiger charge is -2.10. The molecule has 0 saturated carbocycles. The summed E-state index contributed by atoms with van der Waals surface area (Å²) in [7, 11) is 0. The lowest BCUT2D eigenvalue weighted by atomic mass is 10.2. The number of amides is 1. The Hall–Kier alpha value is -2.21. The highest BCUT2D eigenvalue weighted by atomic mass is 19.1. The van der Waals surface area contributed by atoms with Gasteiger partial charge in [0.05, 0.1) is 17.9 Å². The molecule has 1 fully saturated rings. The summed E-state index contributed by atoms with van der Waals surface area (Å²) in [6.07, 6.45) is 4.32. The number of hydrogen-bond acceptors (Lipinski definition) is 4. The van der Waals surface area contributed by atoms with Gasteiger partial charge < -0.3 is 14.5 Å². The van der Waals surface area contributed by atoms with E-state index in [9.17, 15) is 9.18 Å². The first kappa shape index (κ1) is 15.7. The second-order valence-corrected chi connectivity index (χ2v) is 5.54. The summed E-state index contributed by atoms with van der Waals surface area (Å²) in [5.41, 5.74) is 0.370. The number of benzene rings is 1. The fourth-order valence-electron chi connectivity index (χ4n) is 2.55. The van der Waals surface area contributed by atoms with Gasteiger partial charge in [-0.05, 0) is 25.0 Å². The summed E-state index contributed by atoms with van der Waals surface area (Å²) in [4.78, 5) is 15.9. The van der Waals surface area contributed by atoms with Gasteiger partial charge in [0.2, 0.25) is 5.91 Å². The molecule has 6 heteroatoms. The molecular weight excluding hydrogens is 299 g/mol. The number of halogens is 1. The summed E-state index contributed by atoms with van der Waals surface area (Å²) in [5.74, 6) is 0.379. The van der Waals surface area contributed by atoms with Crippen molar-refractivity contribution in [3.8, 4) is 11.3 Å². The van der Waals surface area contributed by atoms with E-state index in [1.54, 1.807) is 18.2 Å². The van der Waals surface area contributed by atoms with E-state index >= 15 is 0 Å². The van der Waals surface area contributed by atoms with E-state index in [4.69, 9.17) is 9.15 Å². The lowest BCUT2D eigenvalue weighted by molar-refractivity contribution is -0.121. The van der Waals surface area contributed by atoms with Gasteiger partial charge in [0.1, 0.15) is 5.82 Å². The van der Waals surface area contributed by atoms with Crippen molar-refractivity contribution >= 4 is 5.91 Å². The first-order valence-corrected chi connectivity index (χ1v) is 7.80. The number of oxazole rings is 1. The van der Waals surface area contributed by atoms with Crippen molar-refractivity contribution in [2.75, 3.05) is 13.2 Å². The number of carbonyl (C=O) groups excluding carboxylic acids is 1. The average Bonchev–Trinajstić information content (AvgIpc) is 3.23. The van der Waals surface area contributed by atoms with Crippen LogP contribution in [0.4, 0.5) is 4.39 Å². The Kier molecular flexibility index (Phi) is 5.02. The van der Waals surface area contributed by atoms with Gasteiger partial charge in [0.25, 0.3) is 0 Å². The Labute approximate surface area is 133 Å². The molecule has 1 amide bonds. The van der Waals surface area contributed by atoms with E-state index in [0.29, 0.717) is 30.2 Å². The standard InChI is InChI=1S/C17H19FN2O3/c18-14-6-2-1-5-13(14)15-11-20-17(23-15)8-7-16(21)19-10-12-4-3-9-22-12/h1-2,5-6,11-12H,3-4,7-10H2,(H,19,21)/t12-/m1/s1. The molecule has 23 heavy (non-hydrogen) atoms. The molecule has 1 saturated heterocycles. The topological polar surface area (TPSA) is 64.4 Å². The molecule has 1 atom stereocenters. The van der Waals surface area contributed by atoms with Crippen LogP contribution in [0.15, 0.2) is 34.9 Å². The van der Waals surface area contributed by atoms with Gasteiger partial charge in [0.15, 0.2) is 11.7 Å². The molecule has 1 N–H and O–H groups in total. The Bertz CT molecular complexity index is 665. The van der Waals surface area contributed by atoms with Crippen LogP contribution >= 0.6 is 0 Å². The number of nitrogens with one attached hydrogen (secondary N) is 1. The van der Waals surface area contributed by atoms with E-state index in [2.05, 4.69) is 10.3 Å². The number of ether oxygens (including phenoxy) is 1. The van der Waals surface area contributed by atoms with Crippen molar-refractivity contribution in [3.63, 3.8) is 0 Å². The number of aromatic nitrogens is 1. The van der Waals surface area contributed by atoms with E-state index < -0.39 is 0 Å². The van der Waals surface area contributed by atoms with Crippen LogP contribution in [0, 0.1) is 5.82 Å². The summed E-state index contributed by atoms with van der Waals surface area (Å²) >= 11 is 0.